The summed E-state index contributed by atoms with van der Waals surface area (Å²) >= 11 is 0. The third kappa shape index (κ3) is 2.19. The van der Waals surface area contributed by atoms with Crippen molar-refractivity contribution in [2.24, 2.45) is 11.8 Å². The van der Waals surface area contributed by atoms with Crippen LogP contribution < -0.4 is 5.73 Å². The molecule has 3 rings (SSSR count). The Labute approximate surface area is 128 Å². The van der Waals surface area contributed by atoms with Gasteiger partial charge in [0.2, 0.25) is 0 Å². The van der Waals surface area contributed by atoms with E-state index in [1.54, 1.807) is 24.3 Å². The van der Waals surface area contributed by atoms with E-state index in [4.69, 9.17) is 5.73 Å². The van der Waals surface area contributed by atoms with E-state index in [2.05, 4.69) is 0 Å². The number of rotatable bonds is 3. The molecule has 2 saturated heterocycles. The van der Waals surface area contributed by atoms with Gasteiger partial charge in [-0.3, -0.25) is 14.5 Å². The molecule has 2 aliphatic rings. The number of fused-ring (bicyclic) bond motifs is 2. The number of carbonyl (C=O) groups is 2. The van der Waals surface area contributed by atoms with Gasteiger partial charge in [-0.1, -0.05) is 0 Å². The quantitative estimate of drug-likeness (QED) is 0.558. The number of aliphatic hydroxyl groups excluding tert-OH is 1. The van der Waals surface area contributed by atoms with Crippen molar-refractivity contribution in [3.8, 4) is 0 Å². The summed E-state index contributed by atoms with van der Waals surface area (Å²) in [4.78, 5) is 26.3. The fourth-order valence-electron chi connectivity index (χ4n) is 4.02. The summed E-state index contributed by atoms with van der Waals surface area (Å²) < 4.78 is 0. The minimum absolute atomic E-state index is 0.111. The normalized spacial score (nSPS) is 34.5. The van der Waals surface area contributed by atoms with Gasteiger partial charge in [-0.25, -0.2) is 0 Å². The lowest BCUT2D eigenvalue weighted by Gasteiger charge is -2.43. The molecule has 1 unspecified atom stereocenters. The molecule has 0 radical (unpaired) electrons. The van der Waals surface area contributed by atoms with Crippen molar-refractivity contribution in [2.45, 2.75) is 31.0 Å². The maximum absolute atomic E-state index is 12.8. The molecule has 118 valence electrons. The standard InChI is InChI=1S/C16H20N2O4/c1-18-10-6-7-11(18)13(16(21)22)15(20)12(10)14(19)8-2-4-9(17)5-3-8/h2-5,10-13,15,20H,6-7,17H2,1H3,(H,21,22)/t10-,11+,12?,13+,15-/m0/s1. The van der Waals surface area contributed by atoms with Gasteiger partial charge in [0.25, 0.3) is 0 Å². The Kier molecular flexibility index (Phi) is 3.66. The Morgan fingerprint density at radius 3 is 2.23 bits per heavy atom. The zero-order chi connectivity index (χ0) is 16.0. The summed E-state index contributed by atoms with van der Waals surface area (Å²) in [5, 5.41) is 20.0. The van der Waals surface area contributed by atoms with E-state index in [1.807, 2.05) is 11.9 Å². The van der Waals surface area contributed by atoms with E-state index in [1.165, 1.54) is 0 Å². The number of Topliss-reactive ketones (excluding diaryl/α,β-unsaturated/α-hetero) is 1. The summed E-state index contributed by atoms with van der Waals surface area (Å²) in [6.45, 7) is 0. The molecule has 0 aliphatic carbocycles. The fraction of sp³-hybridized carbons (Fsp3) is 0.500. The predicted octanol–water partition coefficient (Wildman–Crippen LogP) is 0.606. The Balaban J connectivity index is 1.95. The Morgan fingerprint density at radius 2 is 1.68 bits per heavy atom. The number of anilines is 1. The molecule has 2 heterocycles. The van der Waals surface area contributed by atoms with Crippen molar-refractivity contribution in [1.82, 2.24) is 4.90 Å². The van der Waals surface area contributed by atoms with E-state index in [0.717, 1.165) is 6.42 Å². The lowest BCUT2D eigenvalue weighted by Crippen LogP contribution is -2.59. The fourth-order valence-corrected chi connectivity index (χ4v) is 4.02. The largest absolute Gasteiger partial charge is 0.481 e. The summed E-state index contributed by atoms with van der Waals surface area (Å²) in [6, 6.07) is 6.22. The highest BCUT2D eigenvalue weighted by atomic mass is 16.4. The molecular weight excluding hydrogens is 284 g/mol. The molecule has 1 aromatic carbocycles. The second-order valence-corrected chi connectivity index (χ2v) is 6.24. The second-order valence-electron chi connectivity index (χ2n) is 6.24. The number of piperidine rings is 1. The van der Waals surface area contributed by atoms with Crippen molar-refractivity contribution >= 4 is 17.4 Å². The van der Waals surface area contributed by atoms with Crippen LogP contribution >= 0.6 is 0 Å². The van der Waals surface area contributed by atoms with E-state index < -0.39 is 23.9 Å². The number of carbonyl (C=O) groups excluding carboxylic acids is 1. The molecule has 1 aromatic rings. The number of carboxylic acids is 1. The molecular formula is C16H20N2O4. The third-order valence-electron chi connectivity index (χ3n) is 5.15. The van der Waals surface area contributed by atoms with Crippen molar-refractivity contribution in [3.63, 3.8) is 0 Å². The van der Waals surface area contributed by atoms with Gasteiger partial charge in [-0.15, -0.1) is 0 Å². The van der Waals surface area contributed by atoms with E-state index in [-0.39, 0.29) is 17.9 Å². The maximum atomic E-state index is 12.8. The summed E-state index contributed by atoms with van der Waals surface area (Å²) in [5.74, 6) is -2.89. The zero-order valence-corrected chi connectivity index (χ0v) is 12.3. The van der Waals surface area contributed by atoms with Crippen molar-refractivity contribution in [1.29, 1.82) is 0 Å². The van der Waals surface area contributed by atoms with Crippen LogP contribution in [0, 0.1) is 11.8 Å². The molecule has 6 nitrogen and oxygen atoms in total. The van der Waals surface area contributed by atoms with Gasteiger partial charge < -0.3 is 15.9 Å². The summed E-state index contributed by atoms with van der Waals surface area (Å²) in [6.07, 6.45) is 0.268. The number of aliphatic hydroxyl groups is 1. The number of nitrogens with two attached hydrogens (primary N) is 1. The van der Waals surface area contributed by atoms with Crippen LogP contribution in [0.3, 0.4) is 0 Å². The molecule has 4 N–H and O–H groups in total. The predicted molar refractivity (Wildman–Crippen MR) is 80.4 cm³/mol. The molecule has 5 atom stereocenters. The average molecular weight is 304 g/mol. The number of nitrogen functional groups attached to an aromatic ring is 1. The van der Waals surface area contributed by atoms with Crippen molar-refractivity contribution in [3.05, 3.63) is 29.8 Å². The van der Waals surface area contributed by atoms with Crippen LogP contribution in [0.25, 0.3) is 0 Å². The summed E-state index contributed by atoms with van der Waals surface area (Å²) in [5.41, 5.74) is 6.65. The molecule has 2 fully saturated rings. The zero-order valence-electron chi connectivity index (χ0n) is 12.3. The maximum Gasteiger partial charge on any atom is 0.310 e. The van der Waals surface area contributed by atoms with Gasteiger partial charge in [0, 0.05) is 23.3 Å². The van der Waals surface area contributed by atoms with Gasteiger partial charge in [-0.2, -0.15) is 0 Å². The molecule has 2 bridgehead atoms. The Morgan fingerprint density at radius 1 is 1.14 bits per heavy atom. The molecule has 2 aliphatic heterocycles. The summed E-state index contributed by atoms with van der Waals surface area (Å²) in [7, 11) is 1.84. The van der Waals surface area contributed by atoms with E-state index >= 15 is 0 Å². The van der Waals surface area contributed by atoms with E-state index in [0.29, 0.717) is 17.7 Å². The van der Waals surface area contributed by atoms with Gasteiger partial charge in [0.15, 0.2) is 5.78 Å². The Hall–Kier alpha value is -1.92. The first-order valence-corrected chi connectivity index (χ1v) is 7.44. The van der Waals surface area contributed by atoms with Crippen molar-refractivity contribution < 1.29 is 19.8 Å². The number of benzene rings is 1. The molecule has 0 spiro atoms. The second kappa shape index (κ2) is 5.37. The number of hydrogen-bond donors (Lipinski definition) is 3. The number of ketones is 1. The molecule has 0 amide bonds. The number of carboxylic acid groups (broad SMARTS) is 1. The minimum Gasteiger partial charge on any atom is -0.481 e. The lowest BCUT2D eigenvalue weighted by molar-refractivity contribution is -0.154. The first-order valence-electron chi connectivity index (χ1n) is 7.44. The monoisotopic (exact) mass is 304 g/mol. The molecule has 22 heavy (non-hydrogen) atoms. The van der Waals surface area contributed by atoms with Gasteiger partial charge in [0.1, 0.15) is 0 Å². The number of aliphatic carboxylic acids is 1. The van der Waals surface area contributed by atoms with Crippen LogP contribution in [0.4, 0.5) is 5.69 Å². The highest BCUT2D eigenvalue weighted by Crippen LogP contribution is 2.43. The average Bonchev–Trinajstić information content (AvgIpc) is 2.74. The number of nitrogens with zero attached hydrogens (tertiary/aromatic N) is 1. The van der Waals surface area contributed by atoms with Crippen LogP contribution in [0.5, 0.6) is 0 Å². The molecule has 0 aromatic heterocycles. The first kappa shape index (κ1) is 15.0. The van der Waals surface area contributed by atoms with Crippen LogP contribution in [-0.4, -0.2) is 52.1 Å². The first-order chi connectivity index (χ1) is 10.4. The third-order valence-corrected chi connectivity index (χ3v) is 5.15. The minimum atomic E-state index is -1.16. The van der Waals surface area contributed by atoms with Crippen molar-refractivity contribution in [2.75, 3.05) is 12.8 Å². The van der Waals surface area contributed by atoms with Crippen LogP contribution in [-0.2, 0) is 4.79 Å². The number of hydrogen-bond acceptors (Lipinski definition) is 5. The Bertz CT molecular complexity index is 601. The molecule has 0 saturated carbocycles. The van der Waals surface area contributed by atoms with E-state index in [9.17, 15) is 19.8 Å². The van der Waals surface area contributed by atoms with Gasteiger partial charge in [-0.05, 0) is 44.2 Å². The smallest absolute Gasteiger partial charge is 0.310 e. The SMILES string of the molecule is CN1[C@@H]2CC[C@H]1C(C(=O)c1ccc(N)cc1)[C@H](O)[C@@H]2C(=O)O. The van der Waals surface area contributed by atoms with Crippen LogP contribution in [0.1, 0.15) is 23.2 Å². The topological polar surface area (TPSA) is 104 Å². The van der Waals surface area contributed by atoms with Gasteiger partial charge in [0.05, 0.1) is 17.9 Å². The molecule has 6 heteroatoms. The lowest BCUT2D eigenvalue weighted by atomic mass is 9.76. The van der Waals surface area contributed by atoms with Crippen LogP contribution in [0.15, 0.2) is 24.3 Å². The highest BCUT2D eigenvalue weighted by molar-refractivity contribution is 5.99. The van der Waals surface area contributed by atoms with Crippen LogP contribution in [0.2, 0.25) is 0 Å². The highest BCUT2D eigenvalue weighted by Gasteiger charge is 2.55. The van der Waals surface area contributed by atoms with Gasteiger partial charge >= 0.3 is 5.97 Å².